The topological polar surface area (TPSA) is 38.7 Å². The maximum absolute atomic E-state index is 13.1. The summed E-state index contributed by atoms with van der Waals surface area (Å²) in [7, 11) is 0. The van der Waals surface area contributed by atoms with Crippen LogP contribution in [0.1, 0.15) is 0 Å². The van der Waals surface area contributed by atoms with Crippen LogP contribution in [-0.4, -0.2) is 40.3 Å². The van der Waals surface area contributed by atoms with E-state index in [4.69, 9.17) is 9.47 Å². The molecule has 2 heterocycles. The van der Waals surface area contributed by atoms with Crippen LogP contribution in [0.15, 0.2) is 0 Å². The number of hydrogen-bond acceptors (Lipinski definition) is 3. The number of aliphatic hydroxyl groups is 1. The molecule has 0 aromatic rings. The Kier molecular flexibility index (Phi) is 2.07. The van der Waals surface area contributed by atoms with E-state index in [0.717, 1.165) is 0 Å². The monoisotopic (exact) mass is 274 g/mol. The van der Waals surface area contributed by atoms with Crippen molar-refractivity contribution in [2.45, 2.75) is 28.6 Å². The zero-order valence-electron chi connectivity index (χ0n) is 5.61. The number of fused-ring (bicyclic) bond motifs is 2. The normalized spacial score (nSPS) is 56.5. The minimum absolute atomic E-state index is 0.266. The second kappa shape index (κ2) is 2.79. The first-order valence-electron chi connectivity index (χ1n) is 3.43. The van der Waals surface area contributed by atoms with Gasteiger partial charge in [-0.15, -0.1) is 0 Å². The molecule has 0 saturated carbocycles. The van der Waals surface area contributed by atoms with E-state index in [1.807, 2.05) is 22.6 Å². The Morgan fingerprint density at radius 2 is 2.27 bits per heavy atom. The van der Waals surface area contributed by atoms with E-state index in [2.05, 4.69) is 0 Å². The summed E-state index contributed by atoms with van der Waals surface area (Å²) in [6.07, 6.45) is -3.21. The molecule has 0 amide bonds. The molecule has 2 saturated heterocycles. The maximum atomic E-state index is 13.1. The lowest BCUT2D eigenvalue weighted by molar-refractivity contribution is -0.136. The summed E-state index contributed by atoms with van der Waals surface area (Å²) in [5.74, 6) is 0. The highest BCUT2D eigenvalue weighted by molar-refractivity contribution is 14.1. The van der Waals surface area contributed by atoms with Crippen molar-refractivity contribution in [2.75, 3.05) is 6.61 Å². The molecule has 0 radical (unpaired) electrons. The van der Waals surface area contributed by atoms with Crippen LogP contribution in [0.2, 0.25) is 0 Å². The van der Waals surface area contributed by atoms with Gasteiger partial charge in [0.1, 0.15) is 12.2 Å². The number of ether oxygens (including phenoxy) is 2. The van der Waals surface area contributed by atoms with Crippen molar-refractivity contribution >= 4 is 22.6 Å². The molecule has 0 spiro atoms. The van der Waals surface area contributed by atoms with E-state index in [0.29, 0.717) is 0 Å². The summed E-state index contributed by atoms with van der Waals surface area (Å²) in [6, 6.07) is 0. The van der Waals surface area contributed by atoms with Crippen LogP contribution in [0.25, 0.3) is 0 Å². The van der Waals surface area contributed by atoms with Crippen LogP contribution in [0.5, 0.6) is 0 Å². The average molecular weight is 274 g/mol. The average Bonchev–Trinajstić information content (AvgIpc) is 2.44. The van der Waals surface area contributed by atoms with Crippen LogP contribution < -0.4 is 0 Å². The van der Waals surface area contributed by atoms with E-state index in [1.54, 1.807) is 0 Å². The highest BCUT2D eigenvalue weighted by atomic mass is 127. The Bertz CT molecular complexity index is 148. The molecule has 1 N–H and O–H groups in total. The first kappa shape index (κ1) is 8.15. The predicted octanol–water partition coefficient (Wildman–Crippen LogP) is 0.244. The van der Waals surface area contributed by atoms with Crippen molar-refractivity contribution in [3.63, 3.8) is 0 Å². The molecule has 11 heavy (non-hydrogen) atoms. The number of hydrogen-bond donors (Lipinski definition) is 1. The molecule has 64 valence electrons. The minimum atomic E-state index is -1.30. The first-order valence-corrected chi connectivity index (χ1v) is 4.68. The van der Waals surface area contributed by atoms with Crippen LogP contribution in [0.3, 0.4) is 0 Å². The van der Waals surface area contributed by atoms with Crippen LogP contribution >= 0.6 is 22.6 Å². The summed E-state index contributed by atoms with van der Waals surface area (Å²) >= 11 is 1.95. The van der Waals surface area contributed by atoms with Gasteiger partial charge in [-0.2, -0.15) is 0 Å². The van der Waals surface area contributed by atoms with Gasteiger partial charge in [-0.05, 0) is 0 Å². The molecule has 2 rings (SSSR count). The van der Waals surface area contributed by atoms with Gasteiger partial charge in [0.2, 0.25) is 0 Å². The zero-order valence-corrected chi connectivity index (χ0v) is 7.77. The lowest BCUT2D eigenvalue weighted by Gasteiger charge is -2.30. The van der Waals surface area contributed by atoms with Crippen LogP contribution in [0, 0.1) is 0 Å². The SMILES string of the molecule is O[C@H]1[C@H](F)[C@H]2CO[C@H](O2)[C@@H]1I. The molecule has 2 aliphatic heterocycles. The number of rotatable bonds is 0. The highest BCUT2D eigenvalue weighted by Crippen LogP contribution is 2.33. The fourth-order valence-electron chi connectivity index (χ4n) is 1.33. The van der Waals surface area contributed by atoms with Crippen molar-refractivity contribution < 1.29 is 19.0 Å². The van der Waals surface area contributed by atoms with Gasteiger partial charge in [-0.1, -0.05) is 22.6 Å². The molecule has 2 fully saturated rings. The standard InChI is InChI=1S/C6H8FIO3/c7-3-2-1-10-6(11-2)4(8)5(3)9/h2-6,9H,1H2/t2-,3-,4-,5+,6-/m1/s1. The largest absolute Gasteiger partial charge is 0.389 e. The van der Waals surface area contributed by atoms with E-state index in [9.17, 15) is 9.50 Å². The Morgan fingerprint density at radius 1 is 1.55 bits per heavy atom. The number of alkyl halides is 2. The molecule has 5 atom stereocenters. The number of aliphatic hydroxyl groups excluding tert-OH is 1. The molecule has 3 nitrogen and oxygen atoms in total. The molecular weight excluding hydrogens is 266 g/mol. The zero-order chi connectivity index (χ0) is 8.01. The summed E-state index contributed by atoms with van der Waals surface area (Å²) in [5, 5.41) is 9.28. The van der Waals surface area contributed by atoms with Crippen LogP contribution in [-0.2, 0) is 9.47 Å². The van der Waals surface area contributed by atoms with Crippen LogP contribution in [0.4, 0.5) is 4.39 Å². The van der Waals surface area contributed by atoms with Gasteiger partial charge in [0.25, 0.3) is 0 Å². The summed E-state index contributed by atoms with van der Waals surface area (Å²) in [6.45, 7) is 0.266. The molecule has 0 aromatic carbocycles. The van der Waals surface area contributed by atoms with E-state index < -0.39 is 24.7 Å². The molecule has 2 bridgehead atoms. The Balaban J connectivity index is 2.16. The van der Waals surface area contributed by atoms with Crippen molar-refractivity contribution in [2.24, 2.45) is 0 Å². The lowest BCUT2D eigenvalue weighted by Crippen LogP contribution is -2.49. The van der Waals surface area contributed by atoms with Gasteiger partial charge in [0.15, 0.2) is 12.5 Å². The summed E-state index contributed by atoms with van der Waals surface area (Å²) < 4.78 is 23.0. The fraction of sp³-hybridized carbons (Fsp3) is 1.00. The number of halogens is 2. The lowest BCUT2D eigenvalue weighted by atomic mass is 10.1. The second-order valence-corrected chi connectivity index (χ2v) is 4.19. The van der Waals surface area contributed by atoms with Gasteiger partial charge in [-0.25, -0.2) is 4.39 Å². The Labute approximate surface area is 77.0 Å². The molecule has 0 unspecified atom stereocenters. The second-order valence-electron chi connectivity index (χ2n) is 2.76. The smallest absolute Gasteiger partial charge is 0.172 e. The summed E-state index contributed by atoms with van der Waals surface area (Å²) in [4.78, 5) is 0. The van der Waals surface area contributed by atoms with Gasteiger partial charge >= 0.3 is 0 Å². The van der Waals surface area contributed by atoms with E-state index >= 15 is 0 Å². The van der Waals surface area contributed by atoms with Crippen molar-refractivity contribution in [1.29, 1.82) is 0 Å². The van der Waals surface area contributed by atoms with E-state index in [1.165, 1.54) is 0 Å². The molecule has 5 heteroatoms. The van der Waals surface area contributed by atoms with Crippen molar-refractivity contribution in [3.8, 4) is 0 Å². The van der Waals surface area contributed by atoms with Gasteiger partial charge in [0.05, 0.1) is 10.5 Å². The third kappa shape index (κ3) is 1.18. The molecular formula is C6H8FIO3. The van der Waals surface area contributed by atoms with Gasteiger partial charge < -0.3 is 14.6 Å². The molecule has 0 aliphatic carbocycles. The van der Waals surface area contributed by atoms with E-state index in [-0.39, 0.29) is 10.5 Å². The molecule has 2 aliphatic rings. The highest BCUT2D eigenvalue weighted by Gasteiger charge is 2.49. The fourth-order valence-corrected chi connectivity index (χ4v) is 2.10. The Morgan fingerprint density at radius 3 is 3.00 bits per heavy atom. The van der Waals surface area contributed by atoms with Crippen molar-refractivity contribution in [1.82, 2.24) is 0 Å². The predicted molar refractivity (Wildman–Crippen MR) is 43.3 cm³/mol. The van der Waals surface area contributed by atoms with Gasteiger partial charge in [0, 0.05) is 0 Å². The molecule has 0 aromatic heterocycles. The van der Waals surface area contributed by atoms with Gasteiger partial charge in [-0.3, -0.25) is 0 Å². The third-order valence-corrected chi connectivity index (χ3v) is 3.33. The quantitative estimate of drug-likeness (QED) is 0.508. The third-order valence-electron chi connectivity index (χ3n) is 2.00. The Hall–Kier alpha value is 0.540. The maximum Gasteiger partial charge on any atom is 0.172 e. The minimum Gasteiger partial charge on any atom is -0.389 e. The summed E-state index contributed by atoms with van der Waals surface area (Å²) in [5.41, 5.74) is 0. The first-order chi connectivity index (χ1) is 5.20. The van der Waals surface area contributed by atoms with Crippen molar-refractivity contribution in [3.05, 3.63) is 0 Å².